The Bertz CT molecular complexity index is 588. The fourth-order valence-corrected chi connectivity index (χ4v) is 2.71. The first-order valence-electron chi connectivity index (χ1n) is 5.60. The monoisotopic (exact) mass is 255 g/mol. The Morgan fingerprint density at radius 1 is 1.39 bits per heavy atom. The van der Waals surface area contributed by atoms with Crippen LogP contribution in [0.25, 0.3) is 0 Å². The molecular formula is C14H13N3S. The smallest absolute Gasteiger partial charge is 0.115 e. The van der Waals surface area contributed by atoms with Gasteiger partial charge in [-0.1, -0.05) is 6.07 Å². The van der Waals surface area contributed by atoms with Crippen LogP contribution >= 0.6 is 11.8 Å². The highest BCUT2D eigenvalue weighted by Crippen LogP contribution is 2.26. The summed E-state index contributed by atoms with van der Waals surface area (Å²) in [6.45, 7) is 3.89. The molecule has 0 spiro atoms. The molecule has 2 rings (SSSR count). The molecule has 2 heterocycles. The Morgan fingerprint density at radius 3 is 2.89 bits per heavy atom. The molecule has 2 aromatic rings. The molecule has 0 aliphatic carbocycles. The van der Waals surface area contributed by atoms with Crippen molar-refractivity contribution in [2.24, 2.45) is 0 Å². The van der Waals surface area contributed by atoms with E-state index in [0.717, 1.165) is 27.6 Å². The van der Waals surface area contributed by atoms with Crippen molar-refractivity contribution in [1.29, 1.82) is 5.26 Å². The Hall–Kier alpha value is -1.86. The van der Waals surface area contributed by atoms with E-state index >= 15 is 0 Å². The summed E-state index contributed by atoms with van der Waals surface area (Å²) in [4.78, 5) is 8.52. The average molecular weight is 255 g/mol. The van der Waals surface area contributed by atoms with Gasteiger partial charge in [0.15, 0.2) is 0 Å². The zero-order valence-corrected chi connectivity index (χ0v) is 11.2. The third kappa shape index (κ3) is 2.88. The number of nitriles is 1. The van der Waals surface area contributed by atoms with Crippen LogP contribution in [0.2, 0.25) is 0 Å². The number of rotatable bonds is 3. The molecule has 0 radical (unpaired) electrons. The predicted molar refractivity (Wildman–Crippen MR) is 72.2 cm³/mol. The molecule has 0 saturated heterocycles. The Labute approximate surface area is 111 Å². The molecule has 18 heavy (non-hydrogen) atoms. The second-order valence-corrected chi connectivity index (χ2v) is 4.99. The Balaban J connectivity index is 2.22. The van der Waals surface area contributed by atoms with Gasteiger partial charge in [0, 0.05) is 23.8 Å². The molecule has 4 heteroatoms. The van der Waals surface area contributed by atoms with Crippen molar-refractivity contribution in [1.82, 2.24) is 9.97 Å². The van der Waals surface area contributed by atoms with E-state index in [1.54, 1.807) is 18.0 Å². The second kappa shape index (κ2) is 5.65. The minimum atomic E-state index is 0.675. The number of hydrogen-bond donors (Lipinski definition) is 0. The lowest BCUT2D eigenvalue weighted by molar-refractivity contribution is 1.03. The van der Waals surface area contributed by atoms with Crippen molar-refractivity contribution in [3.05, 3.63) is 53.0 Å². The van der Waals surface area contributed by atoms with Gasteiger partial charge < -0.3 is 0 Å². The summed E-state index contributed by atoms with van der Waals surface area (Å²) >= 11 is 1.58. The SMILES string of the molecule is Cc1cc(C)c(C#N)c(SCc2cccnc2)n1. The van der Waals surface area contributed by atoms with E-state index in [1.807, 2.05) is 38.2 Å². The quantitative estimate of drug-likeness (QED) is 0.790. The van der Waals surface area contributed by atoms with Crippen LogP contribution in [0.3, 0.4) is 0 Å². The molecule has 90 valence electrons. The highest BCUT2D eigenvalue weighted by molar-refractivity contribution is 7.98. The summed E-state index contributed by atoms with van der Waals surface area (Å²) < 4.78 is 0. The predicted octanol–water partition coefficient (Wildman–Crippen LogP) is 3.26. The maximum atomic E-state index is 9.17. The highest BCUT2D eigenvalue weighted by Gasteiger charge is 2.09. The lowest BCUT2D eigenvalue weighted by Crippen LogP contribution is -1.94. The topological polar surface area (TPSA) is 49.6 Å². The number of pyridine rings is 2. The van der Waals surface area contributed by atoms with Crippen molar-refractivity contribution >= 4 is 11.8 Å². The fraction of sp³-hybridized carbons (Fsp3) is 0.214. The first kappa shape index (κ1) is 12.6. The summed E-state index contributed by atoms with van der Waals surface area (Å²) in [6.07, 6.45) is 3.59. The van der Waals surface area contributed by atoms with Gasteiger partial charge in [0.2, 0.25) is 0 Å². The molecular weight excluding hydrogens is 242 g/mol. The van der Waals surface area contributed by atoms with Crippen molar-refractivity contribution in [2.45, 2.75) is 24.6 Å². The molecule has 0 aliphatic heterocycles. The third-order valence-corrected chi connectivity index (χ3v) is 3.57. The van der Waals surface area contributed by atoms with Gasteiger partial charge in [-0.05, 0) is 37.1 Å². The maximum Gasteiger partial charge on any atom is 0.115 e. The zero-order valence-electron chi connectivity index (χ0n) is 10.3. The second-order valence-electron chi connectivity index (χ2n) is 4.02. The first-order valence-corrected chi connectivity index (χ1v) is 6.59. The maximum absolute atomic E-state index is 9.17. The standard InChI is InChI=1S/C14H13N3S/c1-10-6-11(2)17-14(13(10)7-15)18-9-12-4-3-5-16-8-12/h3-6,8H,9H2,1-2H3. The molecule has 0 saturated carbocycles. The highest BCUT2D eigenvalue weighted by atomic mass is 32.2. The first-order chi connectivity index (χ1) is 8.70. The number of hydrogen-bond acceptors (Lipinski definition) is 4. The molecule has 0 fully saturated rings. The summed E-state index contributed by atoms with van der Waals surface area (Å²) in [6, 6.07) is 8.10. The van der Waals surface area contributed by atoms with Crippen molar-refractivity contribution < 1.29 is 0 Å². The van der Waals surface area contributed by atoms with E-state index in [9.17, 15) is 5.26 Å². The molecule has 0 unspecified atom stereocenters. The lowest BCUT2D eigenvalue weighted by atomic mass is 10.1. The fourth-order valence-electron chi connectivity index (χ4n) is 1.68. The molecule has 0 N–H and O–H groups in total. The number of thioether (sulfide) groups is 1. The Kier molecular flexibility index (Phi) is 3.96. The number of aromatic nitrogens is 2. The minimum absolute atomic E-state index is 0.675. The number of nitrogens with zero attached hydrogens (tertiary/aromatic N) is 3. The molecule has 0 bridgehead atoms. The van der Waals surface area contributed by atoms with Gasteiger partial charge in [0.05, 0.1) is 5.56 Å². The van der Waals surface area contributed by atoms with Crippen molar-refractivity contribution in [2.75, 3.05) is 0 Å². The average Bonchev–Trinajstić information content (AvgIpc) is 2.37. The van der Waals surface area contributed by atoms with E-state index in [-0.39, 0.29) is 0 Å². The van der Waals surface area contributed by atoms with Crippen LogP contribution in [0.4, 0.5) is 0 Å². The third-order valence-electron chi connectivity index (χ3n) is 2.52. The van der Waals surface area contributed by atoms with Gasteiger partial charge in [-0.2, -0.15) is 5.26 Å². The molecule has 0 aliphatic rings. The van der Waals surface area contributed by atoms with E-state index < -0.39 is 0 Å². The zero-order chi connectivity index (χ0) is 13.0. The van der Waals surface area contributed by atoms with Crippen LogP contribution in [0.5, 0.6) is 0 Å². The van der Waals surface area contributed by atoms with Gasteiger partial charge in [-0.25, -0.2) is 4.98 Å². The molecule has 0 atom stereocenters. The van der Waals surface area contributed by atoms with Gasteiger partial charge in [-0.15, -0.1) is 11.8 Å². The van der Waals surface area contributed by atoms with Gasteiger partial charge in [-0.3, -0.25) is 4.98 Å². The van der Waals surface area contributed by atoms with Crippen LogP contribution in [0.1, 0.15) is 22.4 Å². The minimum Gasteiger partial charge on any atom is -0.264 e. The van der Waals surface area contributed by atoms with E-state index in [1.165, 1.54) is 0 Å². The van der Waals surface area contributed by atoms with Gasteiger partial charge in [0.1, 0.15) is 11.1 Å². The van der Waals surface area contributed by atoms with Crippen LogP contribution in [0.15, 0.2) is 35.6 Å². The molecule has 3 nitrogen and oxygen atoms in total. The van der Waals surface area contributed by atoms with Crippen LogP contribution < -0.4 is 0 Å². The summed E-state index contributed by atoms with van der Waals surface area (Å²) in [7, 11) is 0. The molecule has 0 aromatic carbocycles. The molecule has 0 amide bonds. The van der Waals surface area contributed by atoms with Gasteiger partial charge in [0.25, 0.3) is 0 Å². The van der Waals surface area contributed by atoms with E-state index in [2.05, 4.69) is 16.0 Å². The van der Waals surface area contributed by atoms with E-state index in [0.29, 0.717) is 5.56 Å². The largest absolute Gasteiger partial charge is 0.264 e. The summed E-state index contributed by atoms with van der Waals surface area (Å²) in [5.74, 6) is 0.776. The Morgan fingerprint density at radius 2 is 2.22 bits per heavy atom. The van der Waals surface area contributed by atoms with Gasteiger partial charge >= 0.3 is 0 Å². The van der Waals surface area contributed by atoms with Crippen LogP contribution in [-0.2, 0) is 5.75 Å². The van der Waals surface area contributed by atoms with E-state index in [4.69, 9.17) is 0 Å². The van der Waals surface area contributed by atoms with Crippen LogP contribution in [0, 0.1) is 25.2 Å². The summed E-state index contributed by atoms with van der Waals surface area (Å²) in [5.41, 5.74) is 3.74. The van der Waals surface area contributed by atoms with Crippen molar-refractivity contribution in [3.8, 4) is 6.07 Å². The van der Waals surface area contributed by atoms with Crippen molar-refractivity contribution in [3.63, 3.8) is 0 Å². The normalized spacial score (nSPS) is 10.1. The lowest BCUT2D eigenvalue weighted by Gasteiger charge is -2.07. The number of aryl methyl sites for hydroxylation is 2. The van der Waals surface area contributed by atoms with Crippen LogP contribution in [-0.4, -0.2) is 9.97 Å². The molecule has 2 aromatic heterocycles. The summed E-state index contributed by atoms with van der Waals surface area (Å²) in [5, 5.41) is 9.98.